The molecule has 6 heteroatoms. The number of halogens is 1. The van der Waals surface area contributed by atoms with E-state index in [0.29, 0.717) is 0 Å². The molecule has 1 saturated heterocycles. The molecule has 52 valence electrons. The molecule has 0 aliphatic carbocycles. The molecular weight excluding hydrogens is 166 g/mol. The van der Waals surface area contributed by atoms with E-state index >= 15 is 0 Å². The molecule has 9 heavy (non-hydrogen) atoms. The third-order valence-electron chi connectivity index (χ3n) is 1.07. The topological polar surface area (TPSA) is 60.4 Å². The molecule has 2 unspecified atom stereocenters. The lowest BCUT2D eigenvalue weighted by Crippen LogP contribution is -2.49. The smallest absolute Gasteiger partial charge is 0.216 e. The van der Waals surface area contributed by atoms with Gasteiger partial charge in [0.25, 0.3) is 0 Å². The molecule has 1 aliphatic heterocycles. The Balaban J connectivity index is 2.51. The summed E-state index contributed by atoms with van der Waals surface area (Å²) in [6.07, 6.45) is 0.0135. The predicted octanol–water partition coefficient (Wildman–Crippen LogP) is -0.0549. The van der Waals surface area contributed by atoms with E-state index < -0.39 is 21.3 Å². The number of carbonyl (C=O) groups is 1. The summed E-state index contributed by atoms with van der Waals surface area (Å²) in [4.78, 5) is 10.2. The van der Waals surface area contributed by atoms with Gasteiger partial charge in [-0.15, -0.1) is 0 Å². The zero-order valence-electron chi connectivity index (χ0n) is 4.24. The van der Waals surface area contributed by atoms with Crippen molar-refractivity contribution in [3.05, 3.63) is 5.21 Å². The van der Waals surface area contributed by atoms with Crippen LogP contribution in [0.1, 0.15) is 6.42 Å². The van der Waals surface area contributed by atoms with Crippen LogP contribution in [0.15, 0.2) is 0 Å². The summed E-state index contributed by atoms with van der Waals surface area (Å²) in [5.74, 6) is -0.547. The van der Waals surface area contributed by atoms with Crippen molar-refractivity contribution in [3.63, 3.8) is 0 Å². The van der Waals surface area contributed by atoms with Crippen LogP contribution >= 0.6 is 10.7 Å². The number of hydrogen-bond donors (Lipinski definition) is 0. The predicted molar refractivity (Wildman–Crippen MR) is 32.6 cm³/mol. The van der Waals surface area contributed by atoms with E-state index in [-0.39, 0.29) is 11.5 Å². The Labute approximate surface area is 58.3 Å². The fourth-order valence-electron chi connectivity index (χ4n) is 0.511. The first-order chi connectivity index (χ1) is 4.13. The van der Waals surface area contributed by atoms with Gasteiger partial charge in [0.2, 0.25) is 5.91 Å². The van der Waals surface area contributed by atoms with Gasteiger partial charge >= 0.3 is 0 Å². The molecule has 0 N–H and O–H groups in total. The first-order valence-electron chi connectivity index (χ1n) is 2.19. The van der Waals surface area contributed by atoms with Crippen molar-refractivity contribution in [2.45, 2.75) is 11.8 Å². The van der Waals surface area contributed by atoms with E-state index in [4.69, 9.17) is 10.7 Å². The van der Waals surface area contributed by atoms with Gasteiger partial charge in [0.15, 0.2) is 0 Å². The standard InChI is InChI=1S/C3H3ClNO3S/c4-9(8)3-1-2(6)5(3)7/h3H,1H2/q-1. The van der Waals surface area contributed by atoms with Gasteiger partial charge in [-0.3, -0.25) is 4.79 Å². The maximum Gasteiger partial charge on any atom is 0.216 e. The molecule has 1 amide bonds. The highest BCUT2D eigenvalue weighted by Crippen LogP contribution is 2.21. The second kappa shape index (κ2) is 2.24. The molecule has 0 bridgehead atoms. The van der Waals surface area contributed by atoms with Crippen molar-refractivity contribution in [2.75, 3.05) is 0 Å². The molecule has 1 heterocycles. The Morgan fingerprint density at radius 1 is 1.89 bits per heavy atom. The first-order valence-corrected chi connectivity index (χ1v) is 4.23. The SMILES string of the molecule is O=C1CC(S(=O)Cl)N1[O-]. The van der Waals surface area contributed by atoms with Gasteiger partial charge in [-0.05, 0) is 10.7 Å². The fraction of sp³-hybridized carbons (Fsp3) is 0.667. The Morgan fingerprint density at radius 3 is 2.56 bits per heavy atom. The average Bonchev–Trinajstić information content (AvgIpc) is 1.81. The molecule has 1 fully saturated rings. The van der Waals surface area contributed by atoms with Crippen LogP contribution in [-0.2, 0) is 14.8 Å². The molecule has 0 spiro atoms. The maximum atomic E-state index is 10.3. The van der Waals surface area contributed by atoms with Gasteiger partial charge in [-0.2, -0.15) is 0 Å². The monoisotopic (exact) mass is 168 g/mol. The number of rotatable bonds is 1. The lowest BCUT2D eigenvalue weighted by atomic mass is 10.3. The Kier molecular flexibility index (Phi) is 1.74. The van der Waals surface area contributed by atoms with Crippen LogP contribution in [0.4, 0.5) is 0 Å². The second-order valence-electron chi connectivity index (χ2n) is 1.63. The van der Waals surface area contributed by atoms with Crippen LogP contribution in [0.2, 0.25) is 0 Å². The average molecular weight is 169 g/mol. The van der Waals surface area contributed by atoms with Gasteiger partial charge in [-0.25, -0.2) is 4.21 Å². The quantitative estimate of drug-likeness (QED) is 0.407. The Bertz CT molecular complexity index is 172. The lowest BCUT2D eigenvalue weighted by molar-refractivity contribution is -0.137. The summed E-state index contributed by atoms with van der Waals surface area (Å²) in [5.41, 5.74) is 0. The number of amides is 1. The van der Waals surface area contributed by atoms with Crippen molar-refractivity contribution in [1.82, 2.24) is 5.06 Å². The normalized spacial score (nSPS) is 29.8. The largest absolute Gasteiger partial charge is 0.755 e. The summed E-state index contributed by atoms with van der Waals surface area (Å²) in [6, 6.07) is 0. The molecule has 1 aliphatic rings. The number of hydrogen-bond acceptors (Lipinski definition) is 3. The summed E-state index contributed by atoms with van der Waals surface area (Å²) in [6.45, 7) is 0. The highest BCUT2D eigenvalue weighted by molar-refractivity contribution is 8.08. The second-order valence-corrected chi connectivity index (χ2v) is 3.58. The minimum absolute atomic E-state index is 0.0135. The highest BCUT2D eigenvalue weighted by atomic mass is 35.7. The minimum atomic E-state index is -1.71. The van der Waals surface area contributed by atoms with E-state index in [9.17, 15) is 14.2 Å². The fourth-order valence-corrected chi connectivity index (χ4v) is 1.46. The highest BCUT2D eigenvalue weighted by Gasteiger charge is 2.32. The summed E-state index contributed by atoms with van der Waals surface area (Å²) in [7, 11) is 3.31. The molecule has 0 aromatic carbocycles. The molecule has 0 radical (unpaired) electrons. The van der Waals surface area contributed by atoms with Gasteiger partial charge < -0.3 is 10.3 Å². The molecule has 0 saturated carbocycles. The van der Waals surface area contributed by atoms with Crippen LogP contribution in [0.5, 0.6) is 0 Å². The van der Waals surface area contributed by atoms with E-state index in [1.54, 1.807) is 0 Å². The molecule has 0 aromatic heterocycles. The summed E-state index contributed by atoms with van der Waals surface area (Å²) >= 11 is 0. The van der Waals surface area contributed by atoms with Crippen molar-refractivity contribution < 1.29 is 9.00 Å². The van der Waals surface area contributed by atoms with Crippen molar-refractivity contribution in [1.29, 1.82) is 0 Å². The Hall–Kier alpha value is -0.130. The van der Waals surface area contributed by atoms with Crippen LogP contribution in [-0.4, -0.2) is 20.6 Å². The van der Waals surface area contributed by atoms with E-state index in [2.05, 4.69) is 0 Å². The van der Waals surface area contributed by atoms with Crippen LogP contribution < -0.4 is 0 Å². The van der Waals surface area contributed by atoms with E-state index in [1.807, 2.05) is 0 Å². The van der Waals surface area contributed by atoms with Crippen molar-refractivity contribution in [3.8, 4) is 0 Å². The minimum Gasteiger partial charge on any atom is -0.755 e. The van der Waals surface area contributed by atoms with Crippen molar-refractivity contribution in [2.24, 2.45) is 0 Å². The molecule has 1 rings (SSSR count). The molecular formula is C3H3ClNO3S-. The zero-order chi connectivity index (χ0) is 7.02. The summed E-state index contributed by atoms with van der Waals surface area (Å²) < 4.78 is 10.3. The first kappa shape index (κ1) is 6.98. The molecule has 4 nitrogen and oxygen atoms in total. The Morgan fingerprint density at radius 2 is 2.44 bits per heavy atom. The van der Waals surface area contributed by atoms with Gasteiger partial charge in [-0.1, -0.05) is 0 Å². The molecule has 2 atom stereocenters. The van der Waals surface area contributed by atoms with Crippen molar-refractivity contribution >= 4 is 26.6 Å². The lowest BCUT2D eigenvalue weighted by Gasteiger charge is -2.43. The maximum absolute atomic E-state index is 10.3. The number of hydroxylamine groups is 2. The summed E-state index contributed by atoms with van der Waals surface area (Å²) in [5, 5.41) is 9.63. The third kappa shape index (κ3) is 1.08. The van der Waals surface area contributed by atoms with Gasteiger partial charge in [0.1, 0.15) is 15.4 Å². The van der Waals surface area contributed by atoms with Gasteiger partial charge in [0.05, 0.1) is 6.42 Å². The van der Waals surface area contributed by atoms with E-state index in [1.165, 1.54) is 0 Å². The number of carbonyl (C=O) groups excluding carboxylic acids is 1. The van der Waals surface area contributed by atoms with Crippen LogP contribution in [0.25, 0.3) is 0 Å². The number of β-lactam (4-membered cyclic amide) rings is 1. The van der Waals surface area contributed by atoms with Crippen LogP contribution in [0, 0.1) is 5.21 Å². The van der Waals surface area contributed by atoms with Crippen LogP contribution in [0.3, 0.4) is 0 Å². The molecule has 0 aromatic rings. The third-order valence-corrected chi connectivity index (χ3v) is 2.47. The zero-order valence-corrected chi connectivity index (χ0v) is 5.82. The van der Waals surface area contributed by atoms with E-state index in [0.717, 1.165) is 0 Å². The number of nitrogens with zero attached hydrogens (tertiary/aromatic N) is 1. The van der Waals surface area contributed by atoms with Gasteiger partial charge in [0, 0.05) is 0 Å².